The lowest BCUT2D eigenvalue weighted by molar-refractivity contribution is -0.127. The maximum atomic E-state index is 5.24. The Labute approximate surface area is 97.4 Å². The Kier molecular flexibility index (Phi) is 3.15. The summed E-state index contributed by atoms with van der Waals surface area (Å²) >= 11 is 0. The van der Waals surface area contributed by atoms with E-state index in [1.165, 1.54) is 5.56 Å². The average Bonchev–Trinajstić information content (AvgIpc) is 2.20. The van der Waals surface area contributed by atoms with Crippen molar-refractivity contribution in [1.82, 2.24) is 4.98 Å². The number of nitrogens with zero attached hydrogens (tertiary/aromatic N) is 2. The molecule has 0 aromatic carbocycles. The SMILES string of the molecule is CC.Cc1ccc(N2CC3(COC3)C2)nc1. The maximum absolute atomic E-state index is 5.24. The molecular weight excluding hydrogens is 200 g/mol. The van der Waals surface area contributed by atoms with Gasteiger partial charge in [0, 0.05) is 19.3 Å². The predicted octanol–water partition coefficient (Wildman–Crippen LogP) is 2.25. The van der Waals surface area contributed by atoms with Crippen LogP contribution in [0.4, 0.5) is 5.82 Å². The fraction of sp³-hybridized carbons (Fsp3) is 0.615. The van der Waals surface area contributed by atoms with Crippen LogP contribution in [0.5, 0.6) is 0 Å². The Morgan fingerprint density at radius 2 is 1.94 bits per heavy atom. The molecule has 2 saturated heterocycles. The van der Waals surface area contributed by atoms with E-state index < -0.39 is 0 Å². The van der Waals surface area contributed by atoms with E-state index in [1.807, 2.05) is 20.0 Å². The van der Waals surface area contributed by atoms with Gasteiger partial charge < -0.3 is 9.64 Å². The van der Waals surface area contributed by atoms with E-state index in [-0.39, 0.29) is 0 Å². The summed E-state index contributed by atoms with van der Waals surface area (Å²) in [6.07, 6.45) is 1.93. The first-order valence-electron chi connectivity index (χ1n) is 6.03. The van der Waals surface area contributed by atoms with Gasteiger partial charge in [-0.1, -0.05) is 19.9 Å². The molecule has 3 nitrogen and oxygen atoms in total. The topological polar surface area (TPSA) is 25.4 Å². The van der Waals surface area contributed by atoms with Gasteiger partial charge in [0.05, 0.1) is 18.6 Å². The Balaban J connectivity index is 0.000000457. The van der Waals surface area contributed by atoms with Crippen LogP contribution in [0.25, 0.3) is 0 Å². The smallest absolute Gasteiger partial charge is 0.128 e. The van der Waals surface area contributed by atoms with Crippen LogP contribution in [0, 0.1) is 12.3 Å². The van der Waals surface area contributed by atoms with E-state index in [1.54, 1.807) is 0 Å². The molecule has 0 N–H and O–H groups in total. The minimum Gasteiger partial charge on any atom is -0.380 e. The Hall–Kier alpha value is -1.09. The van der Waals surface area contributed by atoms with Crippen molar-refractivity contribution in [1.29, 1.82) is 0 Å². The van der Waals surface area contributed by atoms with Gasteiger partial charge in [0.1, 0.15) is 5.82 Å². The first-order chi connectivity index (χ1) is 7.77. The lowest BCUT2D eigenvalue weighted by atomic mass is 9.78. The van der Waals surface area contributed by atoms with Crippen LogP contribution >= 0.6 is 0 Å². The Bertz CT molecular complexity index is 335. The standard InChI is InChI=1S/C11H14N2O.C2H6/c1-9-2-3-10(12-4-9)13-5-11(6-13)7-14-8-11;1-2/h2-4H,5-8H2,1H3;1-2H3. The predicted molar refractivity (Wildman–Crippen MR) is 65.8 cm³/mol. The van der Waals surface area contributed by atoms with Crippen LogP contribution in [0.3, 0.4) is 0 Å². The average molecular weight is 220 g/mol. The Morgan fingerprint density at radius 3 is 2.38 bits per heavy atom. The van der Waals surface area contributed by atoms with Gasteiger partial charge in [-0.3, -0.25) is 0 Å². The van der Waals surface area contributed by atoms with Gasteiger partial charge in [-0.2, -0.15) is 0 Å². The molecule has 0 unspecified atom stereocenters. The molecule has 0 saturated carbocycles. The van der Waals surface area contributed by atoms with E-state index in [0.29, 0.717) is 5.41 Å². The van der Waals surface area contributed by atoms with Crippen molar-refractivity contribution in [2.24, 2.45) is 5.41 Å². The quantitative estimate of drug-likeness (QED) is 0.726. The minimum atomic E-state index is 0.479. The summed E-state index contributed by atoms with van der Waals surface area (Å²) in [5.41, 5.74) is 1.70. The molecule has 88 valence electrons. The lowest BCUT2D eigenvalue weighted by Gasteiger charge is -2.55. The second kappa shape index (κ2) is 4.42. The molecule has 0 bridgehead atoms. The van der Waals surface area contributed by atoms with Gasteiger partial charge in [0.15, 0.2) is 0 Å². The van der Waals surface area contributed by atoms with Crippen molar-refractivity contribution in [3.8, 4) is 0 Å². The van der Waals surface area contributed by atoms with Gasteiger partial charge in [0.2, 0.25) is 0 Å². The van der Waals surface area contributed by atoms with Crippen LogP contribution in [0.15, 0.2) is 18.3 Å². The van der Waals surface area contributed by atoms with Gasteiger partial charge in [0.25, 0.3) is 0 Å². The summed E-state index contributed by atoms with van der Waals surface area (Å²) in [4.78, 5) is 6.73. The summed E-state index contributed by atoms with van der Waals surface area (Å²) in [7, 11) is 0. The molecule has 3 heterocycles. The van der Waals surface area contributed by atoms with E-state index in [9.17, 15) is 0 Å². The van der Waals surface area contributed by atoms with Crippen molar-refractivity contribution in [2.45, 2.75) is 20.8 Å². The van der Waals surface area contributed by atoms with Crippen molar-refractivity contribution >= 4 is 5.82 Å². The molecule has 3 rings (SSSR count). The highest BCUT2D eigenvalue weighted by atomic mass is 16.5. The maximum Gasteiger partial charge on any atom is 0.128 e. The second-order valence-corrected chi connectivity index (χ2v) is 4.54. The molecule has 1 aromatic rings. The number of anilines is 1. The number of aromatic nitrogens is 1. The van der Waals surface area contributed by atoms with Crippen molar-refractivity contribution in [3.05, 3.63) is 23.9 Å². The molecule has 2 aliphatic rings. The van der Waals surface area contributed by atoms with Crippen LogP contribution < -0.4 is 4.90 Å². The van der Waals surface area contributed by atoms with E-state index in [0.717, 1.165) is 32.1 Å². The van der Waals surface area contributed by atoms with Gasteiger partial charge in [-0.25, -0.2) is 4.98 Å². The molecule has 2 aliphatic heterocycles. The lowest BCUT2D eigenvalue weighted by Crippen LogP contribution is -2.66. The highest BCUT2D eigenvalue weighted by molar-refractivity contribution is 5.44. The molecule has 2 fully saturated rings. The molecule has 3 heteroatoms. The van der Waals surface area contributed by atoms with E-state index in [2.05, 4.69) is 28.9 Å². The third-order valence-electron chi connectivity index (χ3n) is 3.09. The first kappa shape index (κ1) is 11.4. The molecule has 1 spiro atoms. The minimum absolute atomic E-state index is 0.479. The fourth-order valence-corrected chi connectivity index (χ4v) is 2.15. The van der Waals surface area contributed by atoms with Crippen molar-refractivity contribution < 1.29 is 4.74 Å². The summed E-state index contributed by atoms with van der Waals surface area (Å²) in [6, 6.07) is 4.21. The number of hydrogen-bond acceptors (Lipinski definition) is 3. The third kappa shape index (κ3) is 1.92. The molecular formula is C13H20N2O. The number of pyridine rings is 1. The van der Waals surface area contributed by atoms with E-state index >= 15 is 0 Å². The summed E-state index contributed by atoms with van der Waals surface area (Å²) in [5.74, 6) is 1.10. The highest BCUT2D eigenvalue weighted by Gasteiger charge is 2.49. The van der Waals surface area contributed by atoms with Crippen LogP contribution in [-0.4, -0.2) is 31.3 Å². The zero-order valence-electron chi connectivity index (χ0n) is 10.4. The summed E-state index contributed by atoms with van der Waals surface area (Å²) in [6.45, 7) is 10.2. The second-order valence-electron chi connectivity index (χ2n) is 4.54. The number of rotatable bonds is 1. The third-order valence-corrected chi connectivity index (χ3v) is 3.09. The molecule has 1 aromatic heterocycles. The van der Waals surface area contributed by atoms with Gasteiger partial charge in [-0.15, -0.1) is 0 Å². The highest BCUT2D eigenvalue weighted by Crippen LogP contribution is 2.39. The van der Waals surface area contributed by atoms with Gasteiger partial charge in [-0.05, 0) is 18.6 Å². The normalized spacial score (nSPS) is 20.6. The van der Waals surface area contributed by atoms with Crippen LogP contribution in [0.2, 0.25) is 0 Å². The van der Waals surface area contributed by atoms with Crippen molar-refractivity contribution in [3.63, 3.8) is 0 Å². The summed E-state index contributed by atoms with van der Waals surface area (Å²) in [5, 5.41) is 0. The monoisotopic (exact) mass is 220 g/mol. The largest absolute Gasteiger partial charge is 0.380 e. The molecule has 0 radical (unpaired) electrons. The molecule has 0 amide bonds. The molecule has 16 heavy (non-hydrogen) atoms. The number of hydrogen-bond donors (Lipinski definition) is 0. The Morgan fingerprint density at radius 1 is 1.25 bits per heavy atom. The summed E-state index contributed by atoms with van der Waals surface area (Å²) < 4.78 is 5.24. The molecule has 0 atom stereocenters. The zero-order valence-corrected chi connectivity index (χ0v) is 10.4. The van der Waals surface area contributed by atoms with Gasteiger partial charge >= 0.3 is 0 Å². The number of aryl methyl sites for hydroxylation is 1. The van der Waals surface area contributed by atoms with E-state index in [4.69, 9.17) is 4.74 Å². The fourth-order valence-electron chi connectivity index (χ4n) is 2.15. The first-order valence-corrected chi connectivity index (χ1v) is 6.03. The van der Waals surface area contributed by atoms with Crippen molar-refractivity contribution in [2.75, 3.05) is 31.2 Å². The number of ether oxygens (including phenoxy) is 1. The zero-order chi connectivity index (χ0) is 11.6. The van der Waals surface area contributed by atoms with Crippen LogP contribution in [-0.2, 0) is 4.74 Å². The van der Waals surface area contributed by atoms with Crippen LogP contribution in [0.1, 0.15) is 19.4 Å². The molecule has 0 aliphatic carbocycles.